The first kappa shape index (κ1) is 11.0. The Morgan fingerprint density at radius 2 is 2.06 bits per heavy atom. The second-order valence-corrected chi connectivity index (χ2v) is 4.19. The first-order chi connectivity index (χ1) is 7.83. The summed E-state index contributed by atoms with van der Waals surface area (Å²) in [6.45, 7) is 0. The van der Waals surface area contributed by atoms with Crippen molar-refractivity contribution in [2.75, 3.05) is 7.11 Å². The van der Waals surface area contributed by atoms with Crippen LogP contribution >= 0.6 is 23.6 Å². The van der Waals surface area contributed by atoms with Gasteiger partial charge in [0.15, 0.2) is 0 Å². The Bertz CT molecular complexity index is 524. The minimum atomic E-state index is 0.853. The molecular weight excluding hydrogens is 238 g/mol. The molecule has 2 rings (SSSR count). The van der Waals surface area contributed by atoms with Gasteiger partial charge in [-0.15, -0.1) is 11.3 Å². The lowest BCUT2D eigenvalue weighted by molar-refractivity contribution is 0.415. The molecule has 0 spiro atoms. The van der Waals surface area contributed by atoms with E-state index in [0.29, 0.717) is 0 Å². The molecule has 0 aliphatic heterocycles. The predicted molar refractivity (Wildman–Crippen MR) is 71.0 cm³/mol. The second-order valence-electron chi connectivity index (χ2n) is 3.10. The standard InChI is InChI=1S/C12H9NOS2/c1-14-11-4-2-9(3-5-11)12-6-10(7-16-12)13-8-15/h2-7H,1H3. The summed E-state index contributed by atoms with van der Waals surface area (Å²) < 4.78 is 5.11. The van der Waals surface area contributed by atoms with Crippen LogP contribution in [0, 0.1) is 0 Å². The van der Waals surface area contributed by atoms with Gasteiger partial charge in [-0.25, -0.2) is 0 Å². The lowest BCUT2D eigenvalue weighted by Gasteiger charge is -2.00. The van der Waals surface area contributed by atoms with Crippen LogP contribution in [-0.4, -0.2) is 12.3 Å². The van der Waals surface area contributed by atoms with Crippen molar-refractivity contribution in [3.63, 3.8) is 0 Å². The van der Waals surface area contributed by atoms with Crippen molar-refractivity contribution in [3.05, 3.63) is 35.7 Å². The number of isothiocyanates is 1. The fourth-order valence-corrected chi connectivity index (χ4v) is 2.28. The molecule has 2 nitrogen and oxygen atoms in total. The Kier molecular flexibility index (Phi) is 3.47. The van der Waals surface area contributed by atoms with Crippen LogP contribution in [-0.2, 0) is 0 Å². The molecular formula is C12H9NOS2. The van der Waals surface area contributed by atoms with Crippen molar-refractivity contribution in [1.82, 2.24) is 0 Å². The van der Waals surface area contributed by atoms with Gasteiger partial charge in [0.05, 0.1) is 18.0 Å². The van der Waals surface area contributed by atoms with Crippen molar-refractivity contribution >= 4 is 34.4 Å². The van der Waals surface area contributed by atoms with Crippen LogP contribution in [0.4, 0.5) is 5.69 Å². The SMILES string of the molecule is COc1ccc(-c2cc(N=C=S)cs2)cc1. The minimum Gasteiger partial charge on any atom is -0.497 e. The molecule has 0 saturated heterocycles. The van der Waals surface area contributed by atoms with E-state index in [0.717, 1.165) is 21.9 Å². The Hall–Kier alpha value is -1.48. The zero-order valence-electron chi connectivity index (χ0n) is 8.64. The summed E-state index contributed by atoms with van der Waals surface area (Å²) in [5.41, 5.74) is 2.00. The first-order valence-corrected chi connectivity index (χ1v) is 5.93. The fraction of sp³-hybridized carbons (Fsp3) is 0.0833. The monoisotopic (exact) mass is 247 g/mol. The normalized spacial score (nSPS) is 9.56. The molecule has 0 amide bonds. The number of hydrogen-bond donors (Lipinski definition) is 0. The van der Waals surface area contributed by atoms with Gasteiger partial charge in [0, 0.05) is 10.3 Å². The molecule has 0 saturated carbocycles. The molecule has 0 fully saturated rings. The molecule has 80 valence electrons. The van der Waals surface area contributed by atoms with E-state index in [1.165, 1.54) is 0 Å². The Labute approximate surface area is 103 Å². The maximum absolute atomic E-state index is 5.11. The lowest BCUT2D eigenvalue weighted by Crippen LogP contribution is -1.81. The van der Waals surface area contributed by atoms with Gasteiger partial charge in [0.1, 0.15) is 5.75 Å². The molecule has 0 radical (unpaired) electrons. The van der Waals surface area contributed by atoms with E-state index in [1.54, 1.807) is 18.4 Å². The van der Waals surface area contributed by atoms with Gasteiger partial charge in [-0.1, -0.05) is 0 Å². The van der Waals surface area contributed by atoms with Crippen molar-refractivity contribution in [2.24, 2.45) is 4.99 Å². The topological polar surface area (TPSA) is 21.6 Å². The third-order valence-electron chi connectivity index (χ3n) is 2.13. The van der Waals surface area contributed by atoms with Gasteiger partial charge >= 0.3 is 0 Å². The van der Waals surface area contributed by atoms with Gasteiger partial charge in [-0.05, 0) is 48.1 Å². The zero-order valence-corrected chi connectivity index (χ0v) is 10.3. The second kappa shape index (κ2) is 5.03. The van der Waals surface area contributed by atoms with Crippen LogP contribution in [0.25, 0.3) is 10.4 Å². The highest BCUT2D eigenvalue weighted by Gasteiger charge is 2.01. The summed E-state index contributed by atoms with van der Waals surface area (Å²) in [5.74, 6) is 0.859. The molecule has 4 heteroatoms. The number of benzene rings is 1. The van der Waals surface area contributed by atoms with E-state index >= 15 is 0 Å². The number of thiocarbonyl (C=S) groups is 1. The molecule has 0 atom stereocenters. The largest absolute Gasteiger partial charge is 0.497 e. The van der Waals surface area contributed by atoms with Crippen molar-refractivity contribution in [2.45, 2.75) is 0 Å². The van der Waals surface area contributed by atoms with E-state index in [-0.39, 0.29) is 0 Å². The zero-order chi connectivity index (χ0) is 11.4. The maximum Gasteiger partial charge on any atom is 0.118 e. The highest BCUT2D eigenvalue weighted by Crippen LogP contribution is 2.31. The number of rotatable bonds is 3. The summed E-state index contributed by atoms with van der Waals surface area (Å²) in [4.78, 5) is 5.10. The Balaban J connectivity index is 2.31. The molecule has 2 aromatic rings. The van der Waals surface area contributed by atoms with Gasteiger partial charge in [0.2, 0.25) is 0 Å². The molecule has 0 N–H and O–H groups in total. The summed E-state index contributed by atoms with van der Waals surface area (Å²) in [6.07, 6.45) is 0. The summed E-state index contributed by atoms with van der Waals surface area (Å²) in [6, 6.07) is 9.92. The van der Waals surface area contributed by atoms with E-state index in [2.05, 4.69) is 22.4 Å². The molecule has 16 heavy (non-hydrogen) atoms. The quantitative estimate of drug-likeness (QED) is 0.600. The fourth-order valence-electron chi connectivity index (χ4n) is 1.34. The smallest absolute Gasteiger partial charge is 0.118 e. The van der Waals surface area contributed by atoms with Gasteiger partial charge < -0.3 is 4.74 Å². The predicted octanol–water partition coefficient (Wildman–Crippen LogP) is 4.16. The Morgan fingerprint density at radius 1 is 1.31 bits per heavy atom. The molecule has 0 unspecified atom stereocenters. The number of nitrogens with zero attached hydrogens (tertiary/aromatic N) is 1. The third kappa shape index (κ3) is 2.36. The third-order valence-corrected chi connectivity index (χ3v) is 3.19. The summed E-state index contributed by atoms with van der Waals surface area (Å²) >= 11 is 6.20. The first-order valence-electron chi connectivity index (χ1n) is 4.64. The van der Waals surface area contributed by atoms with Crippen LogP contribution in [0.2, 0.25) is 0 Å². The minimum absolute atomic E-state index is 0.853. The van der Waals surface area contributed by atoms with Gasteiger partial charge in [-0.2, -0.15) is 4.99 Å². The lowest BCUT2D eigenvalue weighted by atomic mass is 10.2. The number of ether oxygens (including phenoxy) is 1. The van der Waals surface area contributed by atoms with Gasteiger partial charge in [-0.3, -0.25) is 0 Å². The number of hydrogen-bond acceptors (Lipinski definition) is 4. The van der Waals surface area contributed by atoms with Crippen LogP contribution < -0.4 is 4.74 Å². The van der Waals surface area contributed by atoms with Crippen molar-refractivity contribution < 1.29 is 4.74 Å². The van der Waals surface area contributed by atoms with Crippen molar-refractivity contribution in [3.8, 4) is 16.2 Å². The number of aliphatic imine (C=N–C) groups is 1. The molecule has 0 aliphatic rings. The Morgan fingerprint density at radius 3 is 2.69 bits per heavy atom. The highest BCUT2D eigenvalue weighted by molar-refractivity contribution is 7.78. The number of thiophene rings is 1. The van der Waals surface area contributed by atoms with E-state index in [1.807, 2.05) is 35.7 Å². The molecule has 0 bridgehead atoms. The average Bonchev–Trinajstić information content (AvgIpc) is 2.78. The molecule has 1 aromatic heterocycles. The average molecular weight is 247 g/mol. The van der Waals surface area contributed by atoms with E-state index in [9.17, 15) is 0 Å². The van der Waals surface area contributed by atoms with E-state index < -0.39 is 0 Å². The highest BCUT2D eigenvalue weighted by atomic mass is 32.1. The van der Waals surface area contributed by atoms with Crippen LogP contribution in [0.3, 0.4) is 0 Å². The van der Waals surface area contributed by atoms with Gasteiger partial charge in [0.25, 0.3) is 0 Å². The molecule has 1 aromatic carbocycles. The van der Waals surface area contributed by atoms with Crippen LogP contribution in [0.1, 0.15) is 0 Å². The molecule has 0 aliphatic carbocycles. The number of methoxy groups -OCH3 is 1. The summed E-state index contributed by atoms with van der Waals surface area (Å²) in [7, 11) is 1.66. The van der Waals surface area contributed by atoms with Crippen molar-refractivity contribution in [1.29, 1.82) is 0 Å². The maximum atomic E-state index is 5.11. The summed E-state index contributed by atoms with van der Waals surface area (Å²) in [5, 5.41) is 4.32. The van der Waals surface area contributed by atoms with Crippen LogP contribution in [0.15, 0.2) is 40.7 Å². The van der Waals surface area contributed by atoms with E-state index in [4.69, 9.17) is 4.74 Å². The van der Waals surface area contributed by atoms with Crippen LogP contribution in [0.5, 0.6) is 5.75 Å². The molecule has 1 heterocycles.